The van der Waals surface area contributed by atoms with Crippen LogP contribution in [0.25, 0.3) is 0 Å². The second-order valence-electron chi connectivity index (χ2n) is 5.70. The van der Waals surface area contributed by atoms with Gasteiger partial charge >= 0.3 is 0 Å². The number of likely N-dealkylation sites (N-methyl/N-ethyl adjacent to an activating group) is 2. The summed E-state index contributed by atoms with van der Waals surface area (Å²) in [6.45, 7) is 8.74. The van der Waals surface area contributed by atoms with Crippen LogP contribution in [-0.2, 0) is 11.3 Å². The van der Waals surface area contributed by atoms with Crippen molar-refractivity contribution in [3.63, 3.8) is 0 Å². The molecule has 0 aliphatic rings. The SMILES string of the molecule is CCNC(c1c(Cl)cnn1CCN(C)C)C(C)(C)OC. The molecule has 6 heteroatoms. The van der Waals surface area contributed by atoms with Crippen LogP contribution in [0.3, 0.4) is 0 Å². The fourth-order valence-electron chi connectivity index (χ4n) is 2.13. The number of aromatic nitrogens is 2. The van der Waals surface area contributed by atoms with Crippen LogP contribution >= 0.6 is 11.6 Å². The third-order valence-corrected chi connectivity index (χ3v) is 3.79. The highest BCUT2D eigenvalue weighted by molar-refractivity contribution is 6.31. The van der Waals surface area contributed by atoms with Crippen LogP contribution in [0.4, 0.5) is 0 Å². The second kappa shape index (κ2) is 7.41. The van der Waals surface area contributed by atoms with Gasteiger partial charge in [0.1, 0.15) is 0 Å². The van der Waals surface area contributed by atoms with Crippen LogP contribution in [0.1, 0.15) is 32.5 Å². The van der Waals surface area contributed by atoms with Gasteiger partial charge in [-0.05, 0) is 34.5 Å². The Bertz CT molecular complexity index is 417. The first-order chi connectivity index (χ1) is 9.33. The Hall–Kier alpha value is -0.620. The van der Waals surface area contributed by atoms with Crippen LogP contribution in [0.5, 0.6) is 0 Å². The summed E-state index contributed by atoms with van der Waals surface area (Å²) in [5.41, 5.74) is 0.623. The number of halogens is 1. The van der Waals surface area contributed by atoms with Crippen molar-refractivity contribution in [2.75, 3.05) is 34.3 Å². The number of rotatable bonds is 8. The van der Waals surface area contributed by atoms with Gasteiger partial charge in [-0.15, -0.1) is 0 Å². The summed E-state index contributed by atoms with van der Waals surface area (Å²) in [7, 11) is 5.82. The second-order valence-corrected chi connectivity index (χ2v) is 6.11. The first kappa shape index (κ1) is 17.4. The van der Waals surface area contributed by atoms with Gasteiger partial charge in [0, 0.05) is 13.7 Å². The maximum Gasteiger partial charge on any atom is 0.0835 e. The molecule has 1 rings (SSSR count). The minimum absolute atomic E-state index is 0.00494. The zero-order valence-corrected chi connectivity index (χ0v) is 14.2. The van der Waals surface area contributed by atoms with Gasteiger partial charge in [-0.2, -0.15) is 5.10 Å². The number of nitrogens with zero attached hydrogens (tertiary/aromatic N) is 3. The van der Waals surface area contributed by atoms with Gasteiger partial charge in [-0.3, -0.25) is 4.68 Å². The van der Waals surface area contributed by atoms with Gasteiger partial charge in [0.15, 0.2) is 0 Å². The molecule has 0 aromatic carbocycles. The van der Waals surface area contributed by atoms with Crippen molar-refractivity contribution in [3.8, 4) is 0 Å². The molecule has 1 atom stereocenters. The van der Waals surface area contributed by atoms with E-state index >= 15 is 0 Å². The van der Waals surface area contributed by atoms with Crippen LogP contribution in [-0.4, -0.2) is 54.6 Å². The Labute approximate surface area is 127 Å². The molecule has 116 valence electrons. The molecule has 1 unspecified atom stereocenters. The maximum atomic E-state index is 6.36. The fraction of sp³-hybridized carbons (Fsp3) is 0.786. The molecule has 0 aliphatic heterocycles. The molecule has 0 amide bonds. The number of methoxy groups -OCH3 is 1. The lowest BCUT2D eigenvalue weighted by atomic mass is 9.95. The molecule has 1 aromatic rings. The Balaban J connectivity index is 3.09. The molecule has 1 N–H and O–H groups in total. The van der Waals surface area contributed by atoms with Crippen molar-refractivity contribution in [1.82, 2.24) is 20.0 Å². The summed E-state index contributed by atoms with van der Waals surface area (Å²) in [4.78, 5) is 2.13. The number of hydrogen-bond donors (Lipinski definition) is 1. The summed E-state index contributed by atoms with van der Waals surface area (Å²) in [5.74, 6) is 0. The molecule has 0 bridgehead atoms. The third-order valence-electron chi connectivity index (χ3n) is 3.50. The van der Waals surface area contributed by atoms with E-state index in [2.05, 4.69) is 36.1 Å². The number of nitrogens with one attached hydrogen (secondary N) is 1. The van der Waals surface area contributed by atoms with Gasteiger partial charge in [0.2, 0.25) is 0 Å². The van der Waals surface area contributed by atoms with Crippen molar-refractivity contribution in [2.45, 2.75) is 39.0 Å². The lowest BCUT2D eigenvalue weighted by Gasteiger charge is -2.34. The lowest BCUT2D eigenvalue weighted by molar-refractivity contribution is -0.0131. The van der Waals surface area contributed by atoms with E-state index in [4.69, 9.17) is 16.3 Å². The molecule has 0 aliphatic carbocycles. The zero-order chi connectivity index (χ0) is 15.3. The molecular weight excluding hydrogens is 276 g/mol. The minimum Gasteiger partial charge on any atom is -0.377 e. The van der Waals surface area contributed by atoms with Crippen molar-refractivity contribution >= 4 is 11.6 Å². The molecule has 1 aromatic heterocycles. The highest BCUT2D eigenvalue weighted by atomic mass is 35.5. The average Bonchev–Trinajstić information content (AvgIpc) is 2.74. The molecular formula is C14H27ClN4O. The Morgan fingerprint density at radius 3 is 2.65 bits per heavy atom. The first-order valence-corrected chi connectivity index (χ1v) is 7.35. The van der Waals surface area contributed by atoms with Gasteiger partial charge in [0.25, 0.3) is 0 Å². The van der Waals surface area contributed by atoms with Crippen LogP contribution in [0, 0.1) is 0 Å². The van der Waals surface area contributed by atoms with Crippen LogP contribution in [0.15, 0.2) is 6.20 Å². The van der Waals surface area contributed by atoms with Crippen LogP contribution < -0.4 is 5.32 Å². The summed E-state index contributed by atoms with van der Waals surface area (Å²) in [6.07, 6.45) is 1.71. The largest absolute Gasteiger partial charge is 0.377 e. The van der Waals surface area contributed by atoms with Crippen molar-refractivity contribution in [3.05, 3.63) is 16.9 Å². The van der Waals surface area contributed by atoms with E-state index in [1.165, 1.54) is 0 Å². The molecule has 0 fully saturated rings. The van der Waals surface area contributed by atoms with E-state index in [0.717, 1.165) is 25.3 Å². The van der Waals surface area contributed by atoms with Gasteiger partial charge in [0.05, 0.1) is 35.1 Å². The molecule has 0 radical (unpaired) electrons. The Morgan fingerprint density at radius 2 is 2.15 bits per heavy atom. The minimum atomic E-state index is -0.366. The van der Waals surface area contributed by atoms with E-state index in [1.807, 2.05) is 18.8 Å². The highest BCUT2D eigenvalue weighted by Crippen LogP contribution is 2.32. The van der Waals surface area contributed by atoms with Crippen molar-refractivity contribution in [1.29, 1.82) is 0 Å². The summed E-state index contributed by atoms with van der Waals surface area (Å²) < 4.78 is 7.61. The van der Waals surface area contributed by atoms with E-state index in [0.29, 0.717) is 5.02 Å². The molecule has 0 saturated heterocycles. The monoisotopic (exact) mass is 302 g/mol. The molecule has 20 heavy (non-hydrogen) atoms. The Kier molecular flexibility index (Phi) is 6.45. The van der Waals surface area contributed by atoms with Gasteiger partial charge < -0.3 is 15.0 Å². The predicted octanol–water partition coefficient (Wildman–Crippen LogP) is 2.17. The Morgan fingerprint density at radius 1 is 1.50 bits per heavy atom. The quantitative estimate of drug-likeness (QED) is 0.799. The summed E-state index contributed by atoms with van der Waals surface area (Å²) in [5, 5.41) is 8.54. The van der Waals surface area contributed by atoms with Crippen LogP contribution in [0.2, 0.25) is 5.02 Å². The van der Waals surface area contributed by atoms with E-state index in [9.17, 15) is 0 Å². The normalized spacial score (nSPS) is 14.0. The van der Waals surface area contributed by atoms with Gasteiger partial charge in [-0.25, -0.2) is 0 Å². The fourth-order valence-corrected chi connectivity index (χ4v) is 2.38. The predicted molar refractivity (Wildman–Crippen MR) is 83.3 cm³/mol. The van der Waals surface area contributed by atoms with Gasteiger partial charge in [-0.1, -0.05) is 18.5 Å². The zero-order valence-electron chi connectivity index (χ0n) is 13.4. The van der Waals surface area contributed by atoms with E-state index in [1.54, 1.807) is 13.3 Å². The van der Waals surface area contributed by atoms with Crippen molar-refractivity contribution < 1.29 is 4.74 Å². The van der Waals surface area contributed by atoms with E-state index < -0.39 is 0 Å². The molecule has 0 spiro atoms. The number of hydrogen-bond acceptors (Lipinski definition) is 4. The maximum absolute atomic E-state index is 6.36. The molecule has 1 heterocycles. The topological polar surface area (TPSA) is 42.3 Å². The third kappa shape index (κ3) is 4.19. The standard InChI is InChI=1S/C14H27ClN4O/c1-7-16-13(14(2,3)20-6)12-11(15)10-17-19(12)9-8-18(4)5/h10,13,16H,7-9H2,1-6H3. The summed E-state index contributed by atoms with van der Waals surface area (Å²) >= 11 is 6.36. The smallest absolute Gasteiger partial charge is 0.0835 e. The summed E-state index contributed by atoms with van der Waals surface area (Å²) in [6, 6.07) is -0.00494. The first-order valence-electron chi connectivity index (χ1n) is 6.98. The molecule has 5 nitrogen and oxygen atoms in total. The highest BCUT2D eigenvalue weighted by Gasteiger charge is 2.34. The molecule has 0 saturated carbocycles. The number of ether oxygens (including phenoxy) is 1. The lowest BCUT2D eigenvalue weighted by Crippen LogP contribution is -2.42. The van der Waals surface area contributed by atoms with Crippen molar-refractivity contribution in [2.24, 2.45) is 0 Å². The average molecular weight is 303 g/mol. The van der Waals surface area contributed by atoms with E-state index in [-0.39, 0.29) is 11.6 Å².